The van der Waals surface area contributed by atoms with Crippen LogP contribution in [-0.2, 0) is 0 Å². The second-order valence-corrected chi connectivity index (χ2v) is 5.03. The lowest BCUT2D eigenvalue weighted by Gasteiger charge is -2.05. The molecule has 3 aromatic rings. The van der Waals surface area contributed by atoms with Crippen LogP contribution < -0.4 is 5.32 Å². The van der Waals surface area contributed by atoms with Gasteiger partial charge in [0.25, 0.3) is 5.91 Å². The van der Waals surface area contributed by atoms with Crippen LogP contribution in [0.2, 0.25) is 0 Å². The Morgan fingerprint density at radius 3 is 2.81 bits per heavy atom. The number of anilines is 1. The molecule has 0 aliphatic rings. The van der Waals surface area contributed by atoms with Crippen molar-refractivity contribution in [1.82, 2.24) is 20.2 Å². The van der Waals surface area contributed by atoms with Gasteiger partial charge in [-0.3, -0.25) is 14.9 Å². The second kappa shape index (κ2) is 5.32. The number of hydrogen-bond acceptors (Lipinski definition) is 4. The number of aromatic nitrogens is 4. The summed E-state index contributed by atoms with van der Waals surface area (Å²) in [5, 5.41) is 10.5. The molecule has 0 spiro atoms. The molecule has 2 heterocycles. The Morgan fingerprint density at radius 1 is 1.24 bits per heavy atom. The molecule has 0 radical (unpaired) electrons. The minimum atomic E-state index is -0.351. The van der Waals surface area contributed by atoms with Crippen LogP contribution in [0.5, 0.6) is 0 Å². The molecule has 106 valence electrons. The van der Waals surface area contributed by atoms with E-state index in [9.17, 15) is 4.79 Å². The van der Waals surface area contributed by atoms with E-state index in [1.165, 1.54) is 0 Å². The summed E-state index contributed by atoms with van der Waals surface area (Å²) in [5.74, 6) is 0.664. The molecule has 0 saturated carbocycles. The average Bonchev–Trinajstić information content (AvgIpc) is 2.98. The van der Waals surface area contributed by atoms with Crippen molar-refractivity contribution in [2.75, 3.05) is 5.32 Å². The van der Waals surface area contributed by atoms with Crippen LogP contribution in [0.25, 0.3) is 10.9 Å². The molecule has 1 aromatic carbocycles. The Morgan fingerprint density at radius 2 is 2.05 bits per heavy atom. The Labute approximate surface area is 121 Å². The summed E-state index contributed by atoms with van der Waals surface area (Å²) in [5.41, 5.74) is 1.39. The van der Waals surface area contributed by atoms with Gasteiger partial charge in [0.05, 0.1) is 11.2 Å². The summed E-state index contributed by atoms with van der Waals surface area (Å²) >= 11 is 0. The molecule has 0 unspecified atom stereocenters. The average molecular weight is 281 g/mol. The maximum absolute atomic E-state index is 12.2. The summed E-state index contributed by atoms with van der Waals surface area (Å²) in [6, 6.07) is 9.43. The summed E-state index contributed by atoms with van der Waals surface area (Å²) in [7, 11) is 0. The molecule has 0 aliphatic carbocycles. The number of pyridine rings is 1. The first-order valence-electron chi connectivity index (χ1n) is 6.72. The van der Waals surface area contributed by atoms with E-state index < -0.39 is 0 Å². The fourth-order valence-corrected chi connectivity index (χ4v) is 2.02. The monoisotopic (exact) mass is 281 g/mol. The molecular weight excluding hydrogens is 266 g/mol. The summed E-state index contributed by atoms with van der Waals surface area (Å²) in [4.78, 5) is 20.7. The minimum absolute atomic E-state index is 0.131. The third-order valence-electron chi connectivity index (χ3n) is 3.13. The minimum Gasteiger partial charge on any atom is -0.317 e. The van der Waals surface area contributed by atoms with Crippen molar-refractivity contribution in [2.45, 2.75) is 19.8 Å². The molecule has 2 aromatic heterocycles. The highest BCUT2D eigenvalue weighted by Gasteiger charge is 2.15. The smallest absolute Gasteiger partial charge is 0.295 e. The Balaban J connectivity index is 1.89. The normalized spacial score (nSPS) is 11.0. The fourth-order valence-electron chi connectivity index (χ4n) is 2.02. The van der Waals surface area contributed by atoms with Gasteiger partial charge in [0.15, 0.2) is 0 Å². The van der Waals surface area contributed by atoms with Gasteiger partial charge in [0.2, 0.25) is 5.82 Å². The molecule has 0 bridgehead atoms. The van der Waals surface area contributed by atoms with Crippen molar-refractivity contribution in [3.8, 4) is 0 Å². The second-order valence-electron chi connectivity index (χ2n) is 5.03. The van der Waals surface area contributed by atoms with Crippen LogP contribution in [0.4, 0.5) is 5.69 Å². The zero-order valence-electron chi connectivity index (χ0n) is 11.8. The fraction of sp³-hybridized carbons (Fsp3) is 0.200. The standard InChI is InChI=1S/C15H15N5O/c1-9(2)13-18-14(20-19-13)15(21)17-11-7-3-5-10-6-4-8-16-12(10)11/h3-9H,1-2H3,(H,17,21)(H,18,19,20). The molecule has 6 nitrogen and oxygen atoms in total. The number of H-pyrrole nitrogens is 1. The van der Waals surface area contributed by atoms with Gasteiger partial charge in [-0.15, -0.1) is 5.10 Å². The van der Waals surface area contributed by atoms with E-state index in [2.05, 4.69) is 25.5 Å². The predicted octanol–water partition coefficient (Wildman–Crippen LogP) is 2.73. The summed E-state index contributed by atoms with van der Waals surface area (Å²) in [6.07, 6.45) is 1.70. The van der Waals surface area contributed by atoms with Crippen molar-refractivity contribution in [2.24, 2.45) is 0 Å². The van der Waals surface area contributed by atoms with Crippen molar-refractivity contribution in [3.63, 3.8) is 0 Å². The molecule has 0 saturated heterocycles. The third kappa shape index (κ3) is 2.60. The van der Waals surface area contributed by atoms with E-state index in [0.29, 0.717) is 11.5 Å². The maximum Gasteiger partial charge on any atom is 0.295 e. The van der Waals surface area contributed by atoms with Gasteiger partial charge in [-0.1, -0.05) is 32.0 Å². The Kier molecular flexibility index (Phi) is 3.35. The predicted molar refractivity (Wildman–Crippen MR) is 80.2 cm³/mol. The van der Waals surface area contributed by atoms with E-state index >= 15 is 0 Å². The van der Waals surface area contributed by atoms with E-state index in [1.54, 1.807) is 6.20 Å². The topological polar surface area (TPSA) is 83.6 Å². The molecule has 2 N–H and O–H groups in total. The zero-order chi connectivity index (χ0) is 14.8. The highest BCUT2D eigenvalue weighted by Crippen LogP contribution is 2.21. The first-order valence-corrected chi connectivity index (χ1v) is 6.72. The van der Waals surface area contributed by atoms with Gasteiger partial charge in [0, 0.05) is 17.5 Å². The highest BCUT2D eigenvalue weighted by molar-refractivity contribution is 6.06. The number of rotatable bonds is 3. The van der Waals surface area contributed by atoms with E-state index in [-0.39, 0.29) is 17.6 Å². The molecule has 0 atom stereocenters. The number of benzene rings is 1. The van der Waals surface area contributed by atoms with E-state index in [4.69, 9.17) is 0 Å². The van der Waals surface area contributed by atoms with Gasteiger partial charge in [-0.2, -0.15) is 0 Å². The molecular formula is C15H15N5O. The molecule has 3 rings (SSSR count). The number of carbonyl (C=O) groups is 1. The quantitative estimate of drug-likeness (QED) is 0.773. The van der Waals surface area contributed by atoms with Crippen LogP contribution >= 0.6 is 0 Å². The van der Waals surface area contributed by atoms with Crippen molar-refractivity contribution >= 4 is 22.5 Å². The zero-order valence-corrected chi connectivity index (χ0v) is 11.8. The van der Waals surface area contributed by atoms with E-state index in [1.807, 2.05) is 44.2 Å². The molecule has 6 heteroatoms. The van der Waals surface area contributed by atoms with E-state index in [0.717, 1.165) is 10.9 Å². The number of hydrogen-bond donors (Lipinski definition) is 2. The summed E-state index contributed by atoms with van der Waals surface area (Å²) < 4.78 is 0. The number of aromatic amines is 1. The number of para-hydroxylation sites is 1. The number of nitrogens with one attached hydrogen (secondary N) is 2. The molecule has 1 amide bonds. The number of carbonyl (C=O) groups excluding carboxylic acids is 1. The van der Waals surface area contributed by atoms with Gasteiger partial charge < -0.3 is 5.32 Å². The Bertz CT molecular complexity index is 788. The van der Waals surface area contributed by atoms with Crippen LogP contribution in [0.1, 0.15) is 36.2 Å². The SMILES string of the molecule is CC(C)c1nc(C(=O)Nc2cccc3cccnc23)n[nH]1. The lowest BCUT2D eigenvalue weighted by molar-refractivity contribution is 0.101. The number of nitrogens with zero attached hydrogens (tertiary/aromatic N) is 3. The number of fused-ring (bicyclic) bond motifs is 1. The van der Waals surface area contributed by atoms with Crippen molar-refractivity contribution < 1.29 is 4.79 Å². The highest BCUT2D eigenvalue weighted by atomic mass is 16.2. The first kappa shape index (κ1) is 13.2. The van der Waals surface area contributed by atoms with Gasteiger partial charge in [-0.25, -0.2) is 4.98 Å². The first-order chi connectivity index (χ1) is 10.1. The summed E-state index contributed by atoms with van der Waals surface area (Å²) in [6.45, 7) is 3.97. The van der Waals surface area contributed by atoms with Gasteiger partial charge in [-0.05, 0) is 12.1 Å². The molecule has 0 aliphatic heterocycles. The lowest BCUT2D eigenvalue weighted by Crippen LogP contribution is -2.14. The maximum atomic E-state index is 12.2. The van der Waals surface area contributed by atoms with Crippen molar-refractivity contribution in [1.29, 1.82) is 0 Å². The largest absolute Gasteiger partial charge is 0.317 e. The number of amides is 1. The Hall–Kier alpha value is -2.76. The molecule has 21 heavy (non-hydrogen) atoms. The van der Waals surface area contributed by atoms with Crippen LogP contribution in [-0.4, -0.2) is 26.1 Å². The van der Waals surface area contributed by atoms with Crippen LogP contribution in [0.15, 0.2) is 36.5 Å². The van der Waals surface area contributed by atoms with Gasteiger partial charge in [0.1, 0.15) is 5.82 Å². The van der Waals surface area contributed by atoms with Crippen molar-refractivity contribution in [3.05, 3.63) is 48.2 Å². The van der Waals surface area contributed by atoms with Gasteiger partial charge >= 0.3 is 0 Å². The third-order valence-corrected chi connectivity index (χ3v) is 3.13. The molecule has 0 fully saturated rings. The lowest BCUT2D eigenvalue weighted by atomic mass is 10.2. The van der Waals surface area contributed by atoms with Crippen LogP contribution in [0.3, 0.4) is 0 Å². The van der Waals surface area contributed by atoms with Crippen LogP contribution in [0, 0.1) is 0 Å².